The molecule has 2 N–H and O–H groups in total. The Morgan fingerprint density at radius 2 is 2.50 bits per heavy atom. The minimum Gasteiger partial charge on any atom is -0.366 e. The fourth-order valence-corrected chi connectivity index (χ4v) is 1.72. The van der Waals surface area contributed by atoms with Gasteiger partial charge in [-0.25, -0.2) is 9.97 Å². The molecule has 1 atom stereocenters. The topological polar surface area (TPSA) is 49.8 Å². The van der Waals surface area contributed by atoms with Crippen molar-refractivity contribution in [3.05, 3.63) is 18.1 Å². The number of rotatable bonds is 2. The van der Waals surface area contributed by atoms with Crippen LogP contribution in [0, 0.1) is 6.92 Å². The highest BCUT2D eigenvalue weighted by atomic mass is 15.1. The summed E-state index contributed by atoms with van der Waals surface area (Å²) in [6, 6.07) is 2.43. The van der Waals surface area contributed by atoms with Crippen molar-refractivity contribution in [2.24, 2.45) is 0 Å². The predicted molar refractivity (Wildman–Crippen MR) is 56.3 cm³/mol. The fourth-order valence-electron chi connectivity index (χ4n) is 1.72. The Bertz CT molecular complexity index is 294. The van der Waals surface area contributed by atoms with E-state index in [1.165, 1.54) is 12.8 Å². The molecule has 1 aromatic heterocycles. The van der Waals surface area contributed by atoms with E-state index in [4.69, 9.17) is 0 Å². The molecule has 0 unspecified atom stereocenters. The van der Waals surface area contributed by atoms with Crippen molar-refractivity contribution in [3.8, 4) is 0 Å². The summed E-state index contributed by atoms with van der Waals surface area (Å²) in [5.41, 5.74) is 0. The Hall–Kier alpha value is -1.16. The lowest BCUT2D eigenvalue weighted by Crippen LogP contribution is -2.38. The molecule has 0 saturated carbocycles. The van der Waals surface area contributed by atoms with Crippen molar-refractivity contribution < 1.29 is 0 Å². The van der Waals surface area contributed by atoms with Crippen molar-refractivity contribution in [1.82, 2.24) is 15.3 Å². The average Bonchev–Trinajstić information content (AvgIpc) is 2.19. The first-order chi connectivity index (χ1) is 6.84. The van der Waals surface area contributed by atoms with Gasteiger partial charge in [-0.1, -0.05) is 0 Å². The van der Waals surface area contributed by atoms with E-state index in [1.54, 1.807) is 6.20 Å². The Morgan fingerprint density at radius 3 is 3.21 bits per heavy atom. The first kappa shape index (κ1) is 9.40. The number of nitrogens with one attached hydrogen (secondary N) is 2. The summed E-state index contributed by atoms with van der Waals surface area (Å²) in [5.74, 6) is 1.75. The average molecular weight is 192 g/mol. The highest BCUT2D eigenvalue weighted by molar-refractivity contribution is 5.34. The van der Waals surface area contributed by atoms with Gasteiger partial charge < -0.3 is 10.6 Å². The maximum Gasteiger partial charge on any atom is 0.129 e. The molecule has 0 spiro atoms. The van der Waals surface area contributed by atoms with E-state index in [0.29, 0.717) is 6.04 Å². The number of hydrogen-bond donors (Lipinski definition) is 2. The first-order valence-electron chi connectivity index (χ1n) is 5.11. The van der Waals surface area contributed by atoms with Gasteiger partial charge in [0.2, 0.25) is 0 Å². The lowest BCUT2D eigenvalue weighted by molar-refractivity contribution is 0.479. The highest BCUT2D eigenvalue weighted by Crippen LogP contribution is 2.09. The van der Waals surface area contributed by atoms with Crippen molar-refractivity contribution in [1.29, 1.82) is 0 Å². The minimum absolute atomic E-state index is 0.512. The molecule has 0 radical (unpaired) electrons. The van der Waals surface area contributed by atoms with E-state index in [0.717, 1.165) is 24.7 Å². The number of piperidine rings is 1. The molecule has 0 aliphatic carbocycles. The van der Waals surface area contributed by atoms with Crippen molar-refractivity contribution >= 4 is 5.82 Å². The second kappa shape index (κ2) is 4.37. The lowest BCUT2D eigenvalue weighted by atomic mass is 10.1. The minimum atomic E-state index is 0.512. The molecule has 0 bridgehead atoms. The summed E-state index contributed by atoms with van der Waals surface area (Å²) in [4.78, 5) is 8.38. The van der Waals surface area contributed by atoms with E-state index < -0.39 is 0 Å². The predicted octanol–water partition coefficient (Wildman–Crippen LogP) is 0.949. The molecule has 0 aromatic carbocycles. The molecule has 4 heteroatoms. The molecule has 2 rings (SSSR count). The molecule has 0 amide bonds. The molecule has 1 saturated heterocycles. The molecule has 2 heterocycles. The standard InChI is InChI=1S/C10H16N4/c1-8-12-6-4-10(13-8)14-9-3-2-5-11-7-9/h4,6,9,11H,2-3,5,7H2,1H3,(H,12,13,14)/t9-/m0/s1. The van der Waals surface area contributed by atoms with Gasteiger partial charge in [0.1, 0.15) is 11.6 Å². The van der Waals surface area contributed by atoms with Gasteiger partial charge in [0.05, 0.1) is 0 Å². The van der Waals surface area contributed by atoms with Crippen LogP contribution in [-0.2, 0) is 0 Å². The van der Waals surface area contributed by atoms with Gasteiger partial charge in [-0.15, -0.1) is 0 Å². The molecule has 1 aromatic rings. The summed E-state index contributed by atoms with van der Waals surface area (Å²) < 4.78 is 0. The van der Waals surface area contributed by atoms with Crippen LogP contribution < -0.4 is 10.6 Å². The van der Waals surface area contributed by atoms with Crippen LogP contribution >= 0.6 is 0 Å². The number of hydrogen-bond acceptors (Lipinski definition) is 4. The zero-order chi connectivity index (χ0) is 9.80. The second-order valence-corrected chi connectivity index (χ2v) is 3.68. The molecular weight excluding hydrogens is 176 g/mol. The highest BCUT2D eigenvalue weighted by Gasteiger charge is 2.12. The third-order valence-corrected chi connectivity index (χ3v) is 2.42. The van der Waals surface area contributed by atoms with Gasteiger partial charge in [0.15, 0.2) is 0 Å². The Balaban J connectivity index is 1.95. The largest absolute Gasteiger partial charge is 0.366 e. The Labute approximate surface area is 84.2 Å². The zero-order valence-electron chi connectivity index (χ0n) is 8.45. The molecule has 1 fully saturated rings. The number of aryl methyl sites for hydroxylation is 1. The monoisotopic (exact) mass is 192 g/mol. The smallest absolute Gasteiger partial charge is 0.129 e. The van der Waals surface area contributed by atoms with Gasteiger partial charge in [-0.3, -0.25) is 0 Å². The summed E-state index contributed by atoms with van der Waals surface area (Å²) >= 11 is 0. The molecule has 4 nitrogen and oxygen atoms in total. The summed E-state index contributed by atoms with van der Waals surface area (Å²) in [7, 11) is 0. The van der Waals surface area contributed by atoms with Gasteiger partial charge in [-0.05, 0) is 32.4 Å². The van der Waals surface area contributed by atoms with Crippen molar-refractivity contribution in [3.63, 3.8) is 0 Å². The molecule has 1 aliphatic rings. The quantitative estimate of drug-likeness (QED) is 0.732. The molecule has 1 aliphatic heterocycles. The van der Waals surface area contributed by atoms with Gasteiger partial charge >= 0.3 is 0 Å². The molecule has 14 heavy (non-hydrogen) atoms. The summed E-state index contributed by atoms with van der Waals surface area (Å²) in [5, 5.41) is 6.77. The van der Waals surface area contributed by atoms with E-state index in [9.17, 15) is 0 Å². The summed E-state index contributed by atoms with van der Waals surface area (Å²) in [6.07, 6.45) is 4.25. The van der Waals surface area contributed by atoms with Crippen molar-refractivity contribution in [2.75, 3.05) is 18.4 Å². The first-order valence-corrected chi connectivity index (χ1v) is 5.11. The van der Waals surface area contributed by atoms with Gasteiger partial charge in [-0.2, -0.15) is 0 Å². The second-order valence-electron chi connectivity index (χ2n) is 3.68. The van der Waals surface area contributed by atoms with Crippen LogP contribution in [0.5, 0.6) is 0 Å². The molecule has 76 valence electrons. The van der Waals surface area contributed by atoms with Crippen molar-refractivity contribution in [2.45, 2.75) is 25.8 Å². The van der Waals surface area contributed by atoms with Crippen LogP contribution in [0.2, 0.25) is 0 Å². The van der Waals surface area contributed by atoms with Crippen LogP contribution in [0.3, 0.4) is 0 Å². The third kappa shape index (κ3) is 2.42. The van der Waals surface area contributed by atoms with Crippen LogP contribution in [-0.4, -0.2) is 29.1 Å². The molecular formula is C10H16N4. The zero-order valence-corrected chi connectivity index (χ0v) is 8.45. The number of anilines is 1. The fraction of sp³-hybridized carbons (Fsp3) is 0.600. The van der Waals surface area contributed by atoms with E-state index in [2.05, 4.69) is 20.6 Å². The van der Waals surface area contributed by atoms with Crippen LogP contribution in [0.25, 0.3) is 0 Å². The third-order valence-electron chi connectivity index (χ3n) is 2.42. The Morgan fingerprint density at radius 1 is 1.57 bits per heavy atom. The van der Waals surface area contributed by atoms with Gasteiger partial charge in [0, 0.05) is 18.8 Å². The van der Waals surface area contributed by atoms with Gasteiger partial charge in [0.25, 0.3) is 0 Å². The maximum absolute atomic E-state index is 4.32. The van der Waals surface area contributed by atoms with Crippen LogP contribution in [0.15, 0.2) is 12.3 Å². The SMILES string of the molecule is Cc1nccc(N[C@H]2CCCNC2)n1. The van der Waals surface area contributed by atoms with Crippen LogP contribution in [0.4, 0.5) is 5.82 Å². The lowest BCUT2D eigenvalue weighted by Gasteiger charge is -2.24. The van der Waals surface area contributed by atoms with E-state index in [-0.39, 0.29) is 0 Å². The summed E-state index contributed by atoms with van der Waals surface area (Å²) in [6.45, 7) is 4.08. The Kier molecular flexibility index (Phi) is 2.93. The van der Waals surface area contributed by atoms with Crippen LogP contribution in [0.1, 0.15) is 18.7 Å². The van der Waals surface area contributed by atoms with E-state index in [1.807, 2.05) is 13.0 Å². The normalized spacial score (nSPS) is 21.9. The number of nitrogens with zero attached hydrogens (tertiary/aromatic N) is 2. The van der Waals surface area contributed by atoms with E-state index >= 15 is 0 Å². The number of aromatic nitrogens is 2. The maximum atomic E-state index is 4.32.